The Kier molecular flexibility index (Phi) is 3.72. The number of rotatable bonds is 2. The molecule has 0 bridgehead atoms. The van der Waals surface area contributed by atoms with E-state index in [0.717, 1.165) is 16.5 Å². The molecule has 0 fully saturated rings. The van der Waals surface area contributed by atoms with Gasteiger partial charge >= 0.3 is 0 Å². The quantitative estimate of drug-likeness (QED) is 0.434. The van der Waals surface area contributed by atoms with Crippen molar-refractivity contribution in [2.24, 2.45) is 0 Å². The third-order valence-corrected chi connectivity index (χ3v) is 5.04. The molecule has 0 aliphatic rings. The Labute approximate surface area is 168 Å². The summed E-state index contributed by atoms with van der Waals surface area (Å²) in [6, 6.07) is 6.93. The van der Waals surface area contributed by atoms with Crippen LogP contribution in [0.15, 0.2) is 47.7 Å². The molecule has 5 aromatic rings. The third-order valence-electron chi connectivity index (χ3n) is 4.74. The smallest absolute Gasteiger partial charge is 0.227 e. The number of nitrogens with one attached hydrogen (secondary N) is 2. The Balaban J connectivity index is 1.87. The summed E-state index contributed by atoms with van der Waals surface area (Å²) >= 11 is 6.43. The SMILES string of the molecule is [C-]#[N+]c1cn(-c2nc3[nH]ccc(=O)c3cc2-c2cc(Cl)c3[nH]ncc3c2)nc1C. The zero-order valence-corrected chi connectivity index (χ0v) is 15.8. The number of aryl methyl sites for hydroxylation is 1. The van der Waals surface area contributed by atoms with Gasteiger partial charge in [0, 0.05) is 29.4 Å². The fraction of sp³-hybridized carbons (Fsp3) is 0.0500. The molecule has 140 valence electrons. The summed E-state index contributed by atoms with van der Waals surface area (Å²) in [6.07, 6.45) is 4.86. The summed E-state index contributed by atoms with van der Waals surface area (Å²) in [7, 11) is 0. The van der Waals surface area contributed by atoms with E-state index in [2.05, 4.69) is 30.1 Å². The predicted molar refractivity (Wildman–Crippen MR) is 111 cm³/mol. The summed E-state index contributed by atoms with van der Waals surface area (Å²) in [6.45, 7) is 9.08. The molecule has 1 aromatic carbocycles. The van der Waals surface area contributed by atoms with Crippen LogP contribution in [0, 0.1) is 13.5 Å². The van der Waals surface area contributed by atoms with Gasteiger partial charge in [0.25, 0.3) is 0 Å². The average Bonchev–Trinajstić information content (AvgIpc) is 3.34. The molecule has 0 aliphatic heterocycles. The molecule has 0 atom stereocenters. The van der Waals surface area contributed by atoms with Gasteiger partial charge in [-0.2, -0.15) is 10.2 Å². The highest BCUT2D eigenvalue weighted by Crippen LogP contribution is 2.34. The van der Waals surface area contributed by atoms with E-state index >= 15 is 0 Å². The van der Waals surface area contributed by atoms with Gasteiger partial charge in [0.05, 0.1) is 34.4 Å². The van der Waals surface area contributed by atoms with E-state index in [1.165, 1.54) is 6.07 Å². The lowest BCUT2D eigenvalue weighted by Crippen LogP contribution is -2.07. The van der Waals surface area contributed by atoms with Crippen LogP contribution < -0.4 is 5.43 Å². The van der Waals surface area contributed by atoms with E-state index in [1.807, 2.05) is 6.07 Å². The van der Waals surface area contributed by atoms with Crippen LogP contribution >= 0.6 is 11.6 Å². The van der Waals surface area contributed by atoms with Gasteiger partial charge in [0.1, 0.15) is 5.65 Å². The van der Waals surface area contributed by atoms with Gasteiger partial charge in [-0.25, -0.2) is 14.5 Å². The largest absolute Gasteiger partial charge is 0.346 e. The zero-order chi connectivity index (χ0) is 20.1. The van der Waals surface area contributed by atoms with Crippen molar-refractivity contribution in [3.63, 3.8) is 0 Å². The van der Waals surface area contributed by atoms with Crippen LogP contribution in [0.3, 0.4) is 0 Å². The van der Waals surface area contributed by atoms with Crippen molar-refractivity contribution in [3.8, 4) is 16.9 Å². The Morgan fingerprint density at radius 3 is 2.93 bits per heavy atom. The summed E-state index contributed by atoms with van der Waals surface area (Å²) in [5.41, 5.74) is 3.47. The molecule has 0 saturated heterocycles. The van der Waals surface area contributed by atoms with Crippen molar-refractivity contribution in [2.75, 3.05) is 0 Å². The van der Waals surface area contributed by atoms with Crippen LogP contribution in [0.4, 0.5) is 5.69 Å². The molecule has 2 N–H and O–H groups in total. The molecule has 0 amide bonds. The minimum absolute atomic E-state index is 0.145. The first-order valence-electron chi connectivity index (χ1n) is 8.64. The van der Waals surface area contributed by atoms with Crippen molar-refractivity contribution in [2.45, 2.75) is 6.92 Å². The first-order chi connectivity index (χ1) is 14.0. The minimum Gasteiger partial charge on any atom is -0.346 e. The molecule has 4 aromatic heterocycles. The highest BCUT2D eigenvalue weighted by molar-refractivity contribution is 6.35. The average molecular weight is 402 g/mol. The first-order valence-corrected chi connectivity index (χ1v) is 9.02. The van der Waals surface area contributed by atoms with Gasteiger partial charge in [0.2, 0.25) is 5.69 Å². The molecule has 0 saturated carbocycles. The standard InChI is InChI=1S/C20H12ClN7O/c1-10-16(22-2)9-28(27-10)20-13(7-14-17(29)3-4-23-19(14)25-20)11-5-12-8-24-26-18(12)15(21)6-11/h3-9H,1H3,(H,24,26)(H,23,25,29). The molecule has 9 heteroatoms. The van der Waals surface area contributed by atoms with Crippen molar-refractivity contribution in [1.82, 2.24) is 29.9 Å². The Bertz CT molecular complexity index is 1520. The molecule has 0 aliphatic carbocycles. The van der Waals surface area contributed by atoms with Crippen LogP contribution in [0.1, 0.15) is 5.69 Å². The Hall–Kier alpha value is -3.96. The van der Waals surface area contributed by atoms with Crippen molar-refractivity contribution < 1.29 is 0 Å². The van der Waals surface area contributed by atoms with Crippen molar-refractivity contribution >= 4 is 39.2 Å². The lowest BCUT2D eigenvalue weighted by molar-refractivity contribution is 0.838. The molecule has 8 nitrogen and oxygen atoms in total. The van der Waals surface area contributed by atoms with Crippen LogP contribution in [0.25, 0.3) is 43.7 Å². The van der Waals surface area contributed by atoms with Gasteiger partial charge in [-0.05, 0) is 30.7 Å². The molecule has 4 heterocycles. The van der Waals surface area contributed by atoms with Crippen molar-refractivity contribution in [1.29, 1.82) is 0 Å². The Morgan fingerprint density at radius 2 is 2.14 bits per heavy atom. The predicted octanol–water partition coefficient (Wildman–Crippen LogP) is 4.16. The number of H-pyrrole nitrogens is 2. The maximum Gasteiger partial charge on any atom is 0.227 e. The van der Waals surface area contributed by atoms with Crippen LogP contribution in [-0.4, -0.2) is 29.9 Å². The maximum atomic E-state index is 12.4. The van der Waals surface area contributed by atoms with E-state index in [-0.39, 0.29) is 5.43 Å². The van der Waals surface area contributed by atoms with E-state index < -0.39 is 0 Å². The fourth-order valence-corrected chi connectivity index (χ4v) is 3.58. The summed E-state index contributed by atoms with van der Waals surface area (Å²) in [4.78, 5) is 23.5. The van der Waals surface area contributed by atoms with Gasteiger partial charge in [-0.1, -0.05) is 11.6 Å². The van der Waals surface area contributed by atoms with E-state index in [4.69, 9.17) is 18.2 Å². The number of fused-ring (bicyclic) bond motifs is 2. The van der Waals surface area contributed by atoms with Crippen molar-refractivity contribution in [3.05, 3.63) is 75.2 Å². The van der Waals surface area contributed by atoms with Gasteiger partial charge in [-0.3, -0.25) is 9.89 Å². The van der Waals surface area contributed by atoms with Crippen LogP contribution in [0.2, 0.25) is 5.02 Å². The summed E-state index contributed by atoms with van der Waals surface area (Å²) < 4.78 is 1.55. The molecule has 0 spiro atoms. The Morgan fingerprint density at radius 1 is 1.28 bits per heavy atom. The topological polar surface area (TPSA) is 96.6 Å². The fourth-order valence-electron chi connectivity index (χ4n) is 3.31. The van der Waals surface area contributed by atoms with Gasteiger partial charge in [-0.15, -0.1) is 0 Å². The van der Waals surface area contributed by atoms with E-state index in [9.17, 15) is 4.79 Å². The third kappa shape index (κ3) is 2.68. The van der Waals surface area contributed by atoms with Gasteiger partial charge < -0.3 is 4.98 Å². The molecule has 0 radical (unpaired) electrons. The second-order valence-corrected chi connectivity index (χ2v) is 6.95. The van der Waals surface area contributed by atoms with E-state index in [1.54, 1.807) is 42.3 Å². The maximum absolute atomic E-state index is 12.4. The number of aromatic nitrogens is 6. The number of hydrogen-bond donors (Lipinski definition) is 2. The normalized spacial score (nSPS) is 11.2. The number of hydrogen-bond acceptors (Lipinski definition) is 4. The highest BCUT2D eigenvalue weighted by Gasteiger charge is 2.17. The van der Waals surface area contributed by atoms with Crippen LogP contribution in [0.5, 0.6) is 0 Å². The highest BCUT2D eigenvalue weighted by atomic mass is 35.5. The second kappa shape index (κ2) is 6.29. The first kappa shape index (κ1) is 17.2. The minimum atomic E-state index is -0.145. The number of benzene rings is 1. The van der Waals surface area contributed by atoms with Crippen LogP contribution in [-0.2, 0) is 0 Å². The molecular weight excluding hydrogens is 390 g/mol. The lowest BCUT2D eigenvalue weighted by Gasteiger charge is -2.12. The number of halogens is 1. The monoisotopic (exact) mass is 401 g/mol. The molecule has 0 unspecified atom stereocenters. The molecule has 29 heavy (non-hydrogen) atoms. The zero-order valence-electron chi connectivity index (χ0n) is 15.1. The van der Waals surface area contributed by atoms with E-state index in [0.29, 0.717) is 38.8 Å². The summed E-state index contributed by atoms with van der Waals surface area (Å²) in [5.74, 6) is 0.483. The number of aromatic amines is 2. The second-order valence-electron chi connectivity index (χ2n) is 6.55. The van der Waals surface area contributed by atoms with Gasteiger partial charge in [0.15, 0.2) is 11.2 Å². The number of pyridine rings is 2. The summed E-state index contributed by atoms with van der Waals surface area (Å²) in [5, 5.41) is 13.1. The molecule has 5 rings (SSSR count). The number of nitrogens with zero attached hydrogens (tertiary/aromatic N) is 5. The lowest BCUT2D eigenvalue weighted by atomic mass is 10.0. The molecular formula is C20H12ClN7O.